The highest BCUT2D eigenvalue weighted by atomic mass is 16.4. The molecule has 0 aromatic rings. The zero-order valence-corrected chi connectivity index (χ0v) is 3.46. The highest BCUT2D eigenvalue weighted by molar-refractivity contribution is 6.21. The Bertz CT molecular complexity index is 88.9. The number of hydrazine groups is 1. The van der Waals surface area contributed by atoms with E-state index in [9.17, 15) is 4.79 Å². The molecule has 4 N–H and O–H groups in total. The van der Waals surface area contributed by atoms with Crippen molar-refractivity contribution < 1.29 is 9.90 Å². The van der Waals surface area contributed by atoms with Crippen LogP contribution in [0.25, 0.3) is 0 Å². The molecule has 0 aliphatic rings. The van der Waals surface area contributed by atoms with Crippen LogP contribution in [0.5, 0.6) is 0 Å². The Morgan fingerprint density at radius 2 is 2.57 bits per heavy atom. The predicted molar refractivity (Wildman–Crippen MR) is 23.5 cm³/mol. The van der Waals surface area contributed by atoms with Crippen LogP contribution in [0.2, 0.25) is 0 Å². The summed E-state index contributed by atoms with van der Waals surface area (Å²) in [5.41, 5.74) is 1.79. The topological polar surface area (TPSA) is 87.7 Å². The third-order valence-corrected chi connectivity index (χ3v) is 0.250. The molecule has 0 aliphatic carbocycles. The molecule has 0 spiro atoms. The Kier molecular flexibility index (Phi) is 2.62. The maximum absolute atomic E-state index is 9.51. The summed E-state index contributed by atoms with van der Waals surface area (Å²) >= 11 is 0. The predicted octanol–water partition coefficient (Wildman–Crippen LogP) is -1.48. The van der Waals surface area contributed by atoms with Crippen molar-refractivity contribution in [2.75, 3.05) is 0 Å². The molecular formula is C2H5N3O2. The second-order valence-corrected chi connectivity index (χ2v) is 0.726. The van der Waals surface area contributed by atoms with Crippen LogP contribution in [-0.4, -0.2) is 17.3 Å². The average molecular weight is 103 g/mol. The molecule has 0 unspecified atom stereocenters. The van der Waals surface area contributed by atoms with Crippen molar-refractivity contribution in [1.82, 2.24) is 5.53 Å². The Balaban J connectivity index is 3.26. The number of hydrazone groups is 1. The van der Waals surface area contributed by atoms with E-state index in [-0.39, 0.29) is 0 Å². The van der Waals surface area contributed by atoms with Gasteiger partial charge in [-0.2, -0.15) is 5.10 Å². The monoisotopic (exact) mass is 103 g/mol. The van der Waals surface area contributed by atoms with Crippen LogP contribution in [0.1, 0.15) is 0 Å². The molecule has 0 saturated heterocycles. The summed E-state index contributed by atoms with van der Waals surface area (Å²) in [5, 5.41) is 10.8. The van der Waals surface area contributed by atoms with Crippen molar-refractivity contribution in [3.05, 3.63) is 0 Å². The van der Waals surface area contributed by atoms with E-state index in [0.717, 1.165) is 0 Å². The van der Waals surface area contributed by atoms with E-state index in [0.29, 0.717) is 6.21 Å². The maximum Gasteiger partial charge on any atom is 0.348 e. The van der Waals surface area contributed by atoms with Gasteiger partial charge in [-0.1, -0.05) is 0 Å². The van der Waals surface area contributed by atoms with Gasteiger partial charge in [-0.15, -0.1) is 0 Å². The van der Waals surface area contributed by atoms with Crippen molar-refractivity contribution in [3.8, 4) is 0 Å². The van der Waals surface area contributed by atoms with Gasteiger partial charge in [0.2, 0.25) is 0 Å². The molecule has 40 valence electrons. The lowest BCUT2D eigenvalue weighted by molar-refractivity contribution is -0.128. The molecule has 0 heterocycles. The summed E-state index contributed by atoms with van der Waals surface area (Å²) in [6.07, 6.45) is 0.653. The lowest BCUT2D eigenvalue weighted by atomic mass is 10.8. The Hall–Kier alpha value is -1.10. The van der Waals surface area contributed by atoms with Crippen molar-refractivity contribution >= 4 is 12.2 Å². The minimum absolute atomic E-state index is 0.653. The summed E-state index contributed by atoms with van der Waals surface area (Å²) in [6.45, 7) is 0. The Labute approximate surface area is 39.8 Å². The van der Waals surface area contributed by atoms with Crippen LogP contribution in [0.4, 0.5) is 0 Å². The zero-order chi connectivity index (χ0) is 5.70. The molecule has 0 radical (unpaired) electrons. The molecule has 0 rings (SSSR count). The number of nitrogens with two attached hydrogens (primary N) is 1. The molecule has 0 amide bonds. The minimum atomic E-state index is -1.13. The normalized spacial score (nSPS) is 9.29. The fourth-order valence-electron chi connectivity index (χ4n) is 0.0925. The number of carbonyl (C=O) groups is 1. The molecule has 0 atom stereocenters. The van der Waals surface area contributed by atoms with E-state index in [1.54, 1.807) is 5.53 Å². The number of hydrogen-bond acceptors (Lipinski definition) is 4. The van der Waals surface area contributed by atoms with Crippen LogP contribution in [-0.2, 0) is 4.79 Å². The first-order chi connectivity index (χ1) is 3.27. The largest absolute Gasteiger partial charge is 0.477 e. The Morgan fingerprint density at radius 3 is 2.71 bits per heavy atom. The number of nitrogens with one attached hydrogen (secondary N) is 1. The molecule has 0 bridgehead atoms. The third kappa shape index (κ3) is 4.90. The van der Waals surface area contributed by atoms with Gasteiger partial charge in [-0.05, 0) is 0 Å². The fraction of sp³-hybridized carbons (Fsp3) is 0. The van der Waals surface area contributed by atoms with Gasteiger partial charge >= 0.3 is 5.97 Å². The maximum atomic E-state index is 9.51. The quantitative estimate of drug-likeness (QED) is 0.226. The molecule has 5 nitrogen and oxygen atoms in total. The van der Waals surface area contributed by atoms with Gasteiger partial charge in [0.05, 0.1) is 0 Å². The highest BCUT2D eigenvalue weighted by Gasteiger charge is 1.81. The van der Waals surface area contributed by atoms with Gasteiger partial charge in [0.25, 0.3) is 0 Å². The van der Waals surface area contributed by atoms with E-state index in [1.165, 1.54) is 0 Å². The van der Waals surface area contributed by atoms with E-state index in [2.05, 4.69) is 10.9 Å². The SMILES string of the molecule is NNN=CC(=O)O. The number of rotatable bonds is 2. The molecule has 0 aliphatic heterocycles. The summed E-state index contributed by atoms with van der Waals surface area (Å²) in [7, 11) is 0. The standard InChI is InChI=1S/C2H5N3O2/c3-5-4-1-2(6)7/h1,5H,3H2,(H,6,7). The second kappa shape index (κ2) is 3.10. The number of aliphatic carboxylic acids is 1. The first-order valence-corrected chi connectivity index (χ1v) is 1.49. The summed E-state index contributed by atoms with van der Waals surface area (Å²) < 4.78 is 0. The minimum Gasteiger partial charge on any atom is -0.477 e. The average Bonchev–Trinajstić information content (AvgIpc) is 1.61. The lowest BCUT2D eigenvalue weighted by Gasteiger charge is -1.79. The van der Waals surface area contributed by atoms with Gasteiger partial charge in [0.1, 0.15) is 6.21 Å². The van der Waals surface area contributed by atoms with Crippen LogP contribution >= 0.6 is 0 Å². The first kappa shape index (κ1) is 5.90. The van der Waals surface area contributed by atoms with E-state index in [4.69, 9.17) is 5.11 Å². The molecule has 5 heteroatoms. The highest BCUT2D eigenvalue weighted by Crippen LogP contribution is 1.49. The van der Waals surface area contributed by atoms with Crippen molar-refractivity contribution in [2.24, 2.45) is 10.9 Å². The third-order valence-electron chi connectivity index (χ3n) is 0.250. The summed E-state index contributed by atoms with van der Waals surface area (Å²) in [6, 6.07) is 0. The first-order valence-electron chi connectivity index (χ1n) is 1.49. The molecule has 7 heavy (non-hydrogen) atoms. The van der Waals surface area contributed by atoms with E-state index >= 15 is 0 Å². The van der Waals surface area contributed by atoms with Gasteiger partial charge in [-0.25, -0.2) is 16.2 Å². The van der Waals surface area contributed by atoms with Crippen LogP contribution in [0.15, 0.2) is 5.10 Å². The van der Waals surface area contributed by atoms with Crippen LogP contribution in [0.3, 0.4) is 0 Å². The van der Waals surface area contributed by atoms with Gasteiger partial charge in [-0.3, -0.25) is 0 Å². The van der Waals surface area contributed by atoms with Gasteiger partial charge in [0.15, 0.2) is 0 Å². The molecule has 0 aromatic heterocycles. The van der Waals surface area contributed by atoms with Gasteiger partial charge < -0.3 is 5.11 Å². The fourth-order valence-corrected chi connectivity index (χ4v) is 0.0925. The zero-order valence-electron chi connectivity index (χ0n) is 3.46. The molecular weight excluding hydrogens is 98.0 g/mol. The van der Waals surface area contributed by atoms with Crippen molar-refractivity contribution in [3.63, 3.8) is 0 Å². The number of nitrogens with zero attached hydrogens (tertiary/aromatic N) is 1. The number of carboxylic acid groups (broad SMARTS) is 1. The van der Waals surface area contributed by atoms with Crippen molar-refractivity contribution in [1.29, 1.82) is 0 Å². The molecule has 0 saturated carbocycles. The summed E-state index contributed by atoms with van der Waals surface area (Å²) in [5.74, 6) is 3.44. The second-order valence-electron chi connectivity index (χ2n) is 0.726. The van der Waals surface area contributed by atoms with E-state index in [1.807, 2.05) is 0 Å². The molecule has 0 aromatic carbocycles. The van der Waals surface area contributed by atoms with E-state index < -0.39 is 5.97 Å². The number of carboxylic acids is 1. The lowest BCUT2D eigenvalue weighted by Crippen LogP contribution is -2.15. The smallest absolute Gasteiger partial charge is 0.348 e. The Morgan fingerprint density at radius 1 is 2.00 bits per heavy atom. The van der Waals surface area contributed by atoms with Crippen molar-refractivity contribution in [2.45, 2.75) is 0 Å². The molecule has 0 fully saturated rings. The summed E-state index contributed by atoms with van der Waals surface area (Å²) in [4.78, 5) is 9.51. The van der Waals surface area contributed by atoms with Crippen LogP contribution < -0.4 is 11.4 Å². The van der Waals surface area contributed by atoms with Crippen LogP contribution in [0, 0.1) is 0 Å². The number of hydrogen-bond donors (Lipinski definition) is 3. The van der Waals surface area contributed by atoms with Gasteiger partial charge in [0, 0.05) is 0 Å².